The highest BCUT2D eigenvalue weighted by molar-refractivity contribution is 5.81. The number of carbonyl (C=O) groups is 1. The monoisotopic (exact) mass is 310 g/mol. The second-order valence-electron chi connectivity index (χ2n) is 5.67. The van der Waals surface area contributed by atoms with Crippen LogP contribution in [0.3, 0.4) is 0 Å². The number of carbonyl (C=O) groups excluding carboxylic acids is 1. The van der Waals surface area contributed by atoms with E-state index in [2.05, 4.69) is 28.4 Å². The Kier molecular flexibility index (Phi) is 3.54. The van der Waals surface area contributed by atoms with E-state index in [-0.39, 0.29) is 5.91 Å². The summed E-state index contributed by atoms with van der Waals surface area (Å²) in [4.78, 5) is 14.4. The number of benzene rings is 2. The third-order valence-electron chi connectivity index (χ3n) is 4.20. The molecule has 0 aromatic heterocycles. The van der Waals surface area contributed by atoms with Crippen molar-refractivity contribution in [3.05, 3.63) is 54.1 Å². The van der Waals surface area contributed by atoms with Gasteiger partial charge in [-0.1, -0.05) is 30.3 Å². The Morgan fingerprint density at radius 2 is 1.78 bits per heavy atom. The van der Waals surface area contributed by atoms with Crippen LogP contribution in [0.15, 0.2) is 48.5 Å². The molecule has 0 spiro atoms. The lowest BCUT2D eigenvalue weighted by molar-refractivity contribution is -0.136. The summed E-state index contributed by atoms with van der Waals surface area (Å²) in [5, 5.41) is 2.89. The van der Waals surface area contributed by atoms with Gasteiger partial charge in [-0.3, -0.25) is 4.79 Å². The highest BCUT2D eigenvalue weighted by Crippen LogP contribution is 2.33. The third kappa shape index (κ3) is 2.70. The van der Waals surface area contributed by atoms with E-state index in [4.69, 9.17) is 9.47 Å². The zero-order valence-electron chi connectivity index (χ0n) is 12.7. The lowest BCUT2D eigenvalue weighted by Crippen LogP contribution is -2.43. The highest BCUT2D eigenvalue weighted by Gasteiger charge is 2.30. The fraction of sp³-hybridized carbons (Fsp3) is 0.278. The molecular weight excluding hydrogens is 292 g/mol. The molecule has 118 valence electrons. The average molecular weight is 310 g/mol. The molecular formula is C18H18N2O3. The van der Waals surface area contributed by atoms with Gasteiger partial charge in [0.15, 0.2) is 11.5 Å². The molecule has 2 aliphatic rings. The first kappa shape index (κ1) is 13.9. The number of ether oxygens (including phenoxy) is 2. The number of anilines is 1. The molecule has 0 aliphatic carbocycles. The fourth-order valence-corrected chi connectivity index (χ4v) is 3.04. The smallest absolute Gasteiger partial charge is 0.321 e. The summed E-state index contributed by atoms with van der Waals surface area (Å²) in [5.74, 6) is 0.982. The molecule has 0 bridgehead atoms. The Morgan fingerprint density at radius 3 is 2.57 bits per heavy atom. The van der Waals surface area contributed by atoms with E-state index in [1.54, 1.807) is 12.1 Å². The molecule has 2 aliphatic heterocycles. The molecule has 0 unspecified atom stereocenters. The molecule has 0 atom stereocenters. The van der Waals surface area contributed by atoms with Gasteiger partial charge in [0.1, 0.15) is 0 Å². The number of rotatable bonds is 4. The molecule has 0 saturated carbocycles. The van der Waals surface area contributed by atoms with Gasteiger partial charge in [0.25, 0.3) is 0 Å². The third-order valence-corrected chi connectivity index (χ3v) is 4.20. The quantitative estimate of drug-likeness (QED) is 0.938. The molecule has 5 heteroatoms. The van der Waals surface area contributed by atoms with Crippen molar-refractivity contribution in [2.45, 2.75) is 12.7 Å². The summed E-state index contributed by atoms with van der Waals surface area (Å²) in [6, 6.07) is 15.7. The normalized spacial score (nSPS) is 15.6. The number of fused-ring (bicyclic) bond motifs is 2. The predicted octanol–water partition coefficient (Wildman–Crippen LogP) is 1.96. The molecule has 1 amide bonds. The standard InChI is InChI=1S/C18H18N2O3/c21-17(18-22-15-7-3-4-8-16(15)23-18)19-10-12-20-11-9-13-5-1-2-6-14(13)20/h1-8,18H,9-12H2,(H,19,21). The minimum atomic E-state index is -0.890. The minimum Gasteiger partial charge on any atom is -0.442 e. The summed E-state index contributed by atoms with van der Waals surface area (Å²) >= 11 is 0. The van der Waals surface area contributed by atoms with Crippen LogP contribution in [0.2, 0.25) is 0 Å². The van der Waals surface area contributed by atoms with Crippen molar-refractivity contribution in [2.24, 2.45) is 0 Å². The fourth-order valence-electron chi connectivity index (χ4n) is 3.04. The van der Waals surface area contributed by atoms with Gasteiger partial charge in [-0.2, -0.15) is 0 Å². The highest BCUT2D eigenvalue weighted by atomic mass is 16.7. The molecule has 0 radical (unpaired) electrons. The number of nitrogens with zero attached hydrogens (tertiary/aromatic N) is 1. The molecule has 4 rings (SSSR count). The second kappa shape index (κ2) is 5.83. The Balaban J connectivity index is 1.29. The number of hydrogen-bond acceptors (Lipinski definition) is 4. The van der Waals surface area contributed by atoms with Gasteiger partial charge in [-0.05, 0) is 30.2 Å². The van der Waals surface area contributed by atoms with Gasteiger partial charge in [0, 0.05) is 25.3 Å². The number of para-hydroxylation sites is 3. The largest absolute Gasteiger partial charge is 0.442 e. The van der Waals surface area contributed by atoms with E-state index in [1.807, 2.05) is 18.2 Å². The first-order valence-corrected chi connectivity index (χ1v) is 7.84. The topological polar surface area (TPSA) is 50.8 Å². The maximum Gasteiger partial charge on any atom is 0.321 e. The van der Waals surface area contributed by atoms with Gasteiger partial charge in [0.2, 0.25) is 0 Å². The molecule has 1 N–H and O–H groups in total. The van der Waals surface area contributed by atoms with Crippen molar-refractivity contribution >= 4 is 11.6 Å². The lowest BCUT2D eigenvalue weighted by atomic mass is 10.2. The van der Waals surface area contributed by atoms with Crippen molar-refractivity contribution in [3.63, 3.8) is 0 Å². The molecule has 2 heterocycles. The molecule has 0 saturated heterocycles. The first-order valence-electron chi connectivity index (χ1n) is 7.84. The van der Waals surface area contributed by atoms with Crippen LogP contribution in [0.5, 0.6) is 11.5 Å². The van der Waals surface area contributed by atoms with E-state index in [0.717, 1.165) is 19.5 Å². The Labute approximate surface area is 134 Å². The Morgan fingerprint density at radius 1 is 1.09 bits per heavy atom. The molecule has 5 nitrogen and oxygen atoms in total. The molecule has 2 aromatic carbocycles. The SMILES string of the molecule is O=C(NCCN1CCc2ccccc21)C1Oc2ccccc2O1. The van der Waals surface area contributed by atoms with E-state index >= 15 is 0 Å². The summed E-state index contributed by atoms with van der Waals surface area (Å²) in [6.45, 7) is 2.34. The van der Waals surface area contributed by atoms with Gasteiger partial charge >= 0.3 is 12.2 Å². The minimum absolute atomic E-state index is 0.242. The molecule has 23 heavy (non-hydrogen) atoms. The number of amides is 1. The van der Waals surface area contributed by atoms with Crippen LogP contribution in [0.25, 0.3) is 0 Å². The summed E-state index contributed by atoms with van der Waals surface area (Å²) < 4.78 is 11.0. The summed E-state index contributed by atoms with van der Waals surface area (Å²) in [6.07, 6.45) is 0.173. The van der Waals surface area contributed by atoms with E-state index in [1.165, 1.54) is 11.3 Å². The summed E-state index contributed by atoms with van der Waals surface area (Å²) in [7, 11) is 0. The van der Waals surface area contributed by atoms with Crippen molar-refractivity contribution in [1.29, 1.82) is 0 Å². The zero-order valence-corrected chi connectivity index (χ0v) is 12.7. The summed E-state index contributed by atoms with van der Waals surface area (Å²) in [5.41, 5.74) is 2.64. The maximum absolute atomic E-state index is 12.2. The van der Waals surface area contributed by atoms with Gasteiger partial charge in [-0.25, -0.2) is 0 Å². The van der Waals surface area contributed by atoms with Gasteiger partial charge in [0.05, 0.1) is 0 Å². The number of hydrogen-bond donors (Lipinski definition) is 1. The van der Waals surface area contributed by atoms with Gasteiger partial charge < -0.3 is 19.7 Å². The Bertz CT molecular complexity index is 707. The average Bonchev–Trinajstić information content (AvgIpc) is 3.19. The van der Waals surface area contributed by atoms with Crippen molar-refractivity contribution < 1.29 is 14.3 Å². The molecule has 0 fully saturated rings. The van der Waals surface area contributed by atoms with E-state index in [9.17, 15) is 4.79 Å². The van der Waals surface area contributed by atoms with Crippen molar-refractivity contribution in [1.82, 2.24) is 5.32 Å². The predicted molar refractivity (Wildman–Crippen MR) is 86.9 cm³/mol. The van der Waals surface area contributed by atoms with Gasteiger partial charge in [-0.15, -0.1) is 0 Å². The van der Waals surface area contributed by atoms with E-state index in [0.29, 0.717) is 18.0 Å². The zero-order chi connectivity index (χ0) is 15.6. The first-order chi connectivity index (χ1) is 11.3. The maximum atomic E-state index is 12.2. The van der Waals surface area contributed by atoms with Crippen LogP contribution in [0, 0.1) is 0 Å². The van der Waals surface area contributed by atoms with Crippen LogP contribution in [0.1, 0.15) is 5.56 Å². The lowest BCUT2D eigenvalue weighted by Gasteiger charge is -2.20. The second-order valence-corrected chi connectivity index (χ2v) is 5.67. The van der Waals surface area contributed by atoms with Crippen molar-refractivity contribution in [3.8, 4) is 11.5 Å². The Hall–Kier alpha value is -2.69. The van der Waals surface area contributed by atoms with Crippen LogP contribution in [0.4, 0.5) is 5.69 Å². The number of nitrogens with one attached hydrogen (secondary N) is 1. The van der Waals surface area contributed by atoms with Crippen LogP contribution < -0.4 is 19.7 Å². The van der Waals surface area contributed by atoms with Crippen molar-refractivity contribution in [2.75, 3.05) is 24.5 Å². The van der Waals surface area contributed by atoms with E-state index < -0.39 is 6.29 Å². The van der Waals surface area contributed by atoms with Crippen LogP contribution in [-0.2, 0) is 11.2 Å². The molecule has 2 aromatic rings. The van der Waals surface area contributed by atoms with Crippen LogP contribution in [-0.4, -0.2) is 31.8 Å². The van der Waals surface area contributed by atoms with Crippen LogP contribution >= 0.6 is 0 Å².